The van der Waals surface area contributed by atoms with E-state index in [0.29, 0.717) is 0 Å². The maximum atomic E-state index is 10.4. The lowest BCUT2D eigenvalue weighted by Gasteiger charge is -1.80. The van der Waals surface area contributed by atoms with Gasteiger partial charge in [0.1, 0.15) is 0 Å². The summed E-state index contributed by atoms with van der Waals surface area (Å²) >= 11 is 0. The van der Waals surface area contributed by atoms with Crippen LogP contribution in [0.5, 0.6) is 0 Å². The summed E-state index contributed by atoms with van der Waals surface area (Å²) in [6.07, 6.45) is -1.20. The van der Waals surface area contributed by atoms with Crippen molar-refractivity contribution >= 4 is 11.7 Å². The number of Topliss-reactive ketones (excluding diaryl/α,β-unsaturated/α-hetero) is 1. The highest BCUT2D eigenvalue weighted by molar-refractivity contribution is 5.94. The second-order valence-electron chi connectivity index (χ2n) is 1.99. The van der Waals surface area contributed by atoms with Gasteiger partial charge in [0, 0.05) is 0 Å². The van der Waals surface area contributed by atoms with Crippen LogP contribution in [0.3, 0.4) is 0 Å². The molecular formula is C5H7NO3. The van der Waals surface area contributed by atoms with Crippen LogP contribution in [0, 0.1) is 0 Å². The zero-order valence-corrected chi connectivity index (χ0v) is 4.96. The lowest BCUT2D eigenvalue weighted by molar-refractivity contribution is -0.120. The zero-order valence-electron chi connectivity index (χ0n) is 4.96. The van der Waals surface area contributed by atoms with Gasteiger partial charge in [-0.25, -0.2) is 0 Å². The first kappa shape index (κ1) is 6.22. The molecule has 1 aliphatic rings. The van der Waals surface area contributed by atoms with E-state index in [0.717, 1.165) is 0 Å². The minimum atomic E-state index is -0.650. The van der Waals surface area contributed by atoms with Crippen LogP contribution >= 0.6 is 0 Å². The van der Waals surface area contributed by atoms with Gasteiger partial charge >= 0.3 is 0 Å². The SMILES string of the molecule is CC(=O)[C@H]1O[C@@H]1C(N)=O. The Labute approximate surface area is 52.0 Å². The Kier molecular flexibility index (Phi) is 1.25. The number of hydrogen-bond acceptors (Lipinski definition) is 3. The van der Waals surface area contributed by atoms with Crippen molar-refractivity contribution in [1.82, 2.24) is 0 Å². The van der Waals surface area contributed by atoms with Crippen LogP contribution in [0.4, 0.5) is 0 Å². The monoisotopic (exact) mass is 129 g/mol. The summed E-state index contributed by atoms with van der Waals surface area (Å²) in [7, 11) is 0. The Morgan fingerprint density at radius 1 is 1.44 bits per heavy atom. The van der Waals surface area contributed by atoms with Gasteiger partial charge in [0.25, 0.3) is 0 Å². The highest BCUT2D eigenvalue weighted by atomic mass is 16.6. The van der Waals surface area contributed by atoms with Crippen molar-refractivity contribution in [3.05, 3.63) is 0 Å². The standard InChI is InChI=1S/C5H7NO3/c1-2(7)3-4(9-3)5(6)8/h3-4H,1H3,(H2,6,8)/t3-,4+/m1/s1. The molecule has 0 unspecified atom stereocenters. The molecule has 1 aliphatic heterocycles. The number of primary amides is 1. The molecule has 4 heteroatoms. The van der Waals surface area contributed by atoms with Crippen LogP contribution in [0.15, 0.2) is 0 Å². The number of ether oxygens (including phenoxy) is 1. The summed E-state index contributed by atoms with van der Waals surface area (Å²) in [5.41, 5.74) is 4.81. The third kappa shape index (κ3) is 1.08. The van der Waals surface area contributed by atoms with Gasteiger partial charge in [-0.1, -0.05) is 0 Å². The van der Waals surface area contributed by atoms with E-state index < -0.39 is 18.1 Å². The summed E-state index contributed by atoms with van der Waals surface area (Å²) in [5, 5.41) is 0. The van der Waals surface area contributed by atoms with Crippen molar-refractivity contribution in [2.75, 3.05) is 0 Å². The molecule has 0 aromatic carbocycles. The summed E-state index contributed by atoms with van der Waals surface area (Å²) in [5.74, 6) is -0.700. The van der Waals surface area contributed by atoms with Crippen LogP contribution in [0.2, 0.25) is 0 Å². The van der Waals surface area contributed by atoms with Gasteiger partial charge in [0.2, 0.25) is 5.91 Å². The molecule has 4 nitrogen and oxygen atoms in total. The highest BCUT2D eigenvalue weighted by Gasteiger charge is 2.46. The van der Waals surface area contributed by atoms with Gasteiger partial charge in [0.15, 0.2) is 18.0 Å². The van der Waals surface area contributed by atoms with Crippen molar-refractivity contribution < 1.29 is 14.3 Å². The van der Waals surface area contributed by atoms with E-state index in [-0.39, 0.29) is 5.78 Å². The quantitative estimate of drug-likeness (QED) is 0.477. The maximum Gasteiger partial charge on any atom is 0.249 e. The van der Waals surface area contributed by atoms with Crippen LogP contribution in [0.25, 0.3) is 0 Å². The molecule has 1 amide bonds. The average molecular weight is 129 g/mol. The number of rotatable bonds is 2. The molecule has 0 aromatic heterocycles. The molecule has 1 rings (SSSR count). The number of nitrogens with two attached hydrogens (primary N) is 1. The molecule has 0 bridgehead atoms. The van der Waals surface area contributed by atoms with Crippen LogP contribution < -0.4 is 5.73 Å². The number of hydrogen-bond donors (Lipinski definition) is 1. The summed E-state index contributed by atoms with van der Waals surface area (Å²) in [6.45, 7) is 1.37. The number of carbonyl (C=O) groups is 2. The normalized spacial score (nSPS) is 31.7. The third-order valence-electron chi connectivity index (χ3n) is 1.17. The molecule has 1 heterocycles. The van der Waals surface area contributed by atoms with Crippen molar-refractivity contribution in [2.45, 2.75) is 19.1 Å². The van der Waals surface area contributed by atoms with Crippen molar-refractivity contribution in [3.63, 3.8) is 0 Å². The lowest BCUT2D eigenvalue weighted by atomic mass is 10.2. The summed E-state index contributed by atoms with van der Waals surface area (Å²) < 4.78 is 4.62. The minimum Gasteiger partial charge on any atom is -0.367 e. The van der Waals surface area contributed by atoms with Crippen molar-refractivity contribution in [2.24, 2.45) is 5.73 Å². The molecule has 1 saturated heterocycles. The molecule has 2 N–H and O–H groups in total. The van der Waals surface area contributed by atoms with E-state index >= 15 is 0 Å². The second-order valence-corrected chi connectivity index (χ2v) is 1.99. The van der Waals surface area contributed by atoms with E-state index in [1.165, 1.54) is 6.92 Å². The molecule has 2 atom stereocenters. The summed E-state index contributed by atoms with van der Waals surface area (Å²) in [6, 6.07) is 0. The second kappa shape index (κ2) is 1.80. The minimum absolute atomic E-state index is 0.140. The number of carbonyl (C=O) groups excluding carboxylic acids is 2. The van der Waals surface area contributed by atoms with Crippen LogP contribution in [0.1, 0.15) is 6.92 Å². The van der Waals surface area contributed by atoms with E-state index in [1.54, 1.807) is 0 Å². The van der Waals surface area contributed by atoms with Crippen molar-refractivity contribution in [1.29, 1.82) is 0 Å². The van der Waals surface area contributed by atoms with Gasteiger partial charge in [0.05, 0.1) is 0 Å². The predicted octanol–water partition coefficient (Wildman–Crippen LogP) is -1.17. The first-order valence-corrected chi connectivity index (χ1v) is 2.58. The topological polar surface area (TPSA) is 72.7 Å². The van der Waals surface area contributed by atoms with Gasteiger partial charge in [-0.3, -0.25) is 9.59 Å². The first-order chi connectivity index (χ1) is 4.13. The molecule has 50 valence electrons. The fourth-order valence-corrected chi connectivity index (χ4v) is 0.638. The number of amides is 1. The Bertz CT molecular complexity index is 148. The fourth-order valence-electron chi connectivity index (χ4n) is 0.638. The van der Waals surface area contributed by atoms with E-state index in [9.17, 15) is 9.59 Å². The molecule has 0 radical (unpaired) electrons. The fraction of sp³-hybridized carbons (Fsp3) is 0.600. The van der Waals surface area contributed by atoms with Gasteiger partial charge in [-0.2, -0.15) is 0 Å². The molecule has 0 spiro atoms. The Hall–Kier alpha value is -0.900. The maximum absolute atomic E-state index is 10.4. The third-order valence-corrected chi connectivity index (χ3v) is 1.17. The van der Waals surface area contributed by atoms with Gasteiger partial charge in [-0.05, 0) is 6.92 Å². The average Bonchev–Trinajstić information content (AvgIpc) is 2.39. The smallest absolute Gasteiger partial charge is 0.249 e. The molecule has 0 saturated carbocycles. The Morgan fingerprint density at radius 2 is 2.00 bits per heavy atom. The molecule has 0 aliphatic carbocycles. The molecule has 9 heavy (non-hydrogen) atoms. The Morgan fingerprint density at radius 3 is 2.11 bits per heavy atom. The predicted molar refractivity (Wildman–Crippen MR) is 28.5 cm³/mol. The molecule has 1 fully saturated rings. The zero-order chi connectivity index (χ0) is 7.02. The number of epoxide rings is 1. The summed E-state index contributed by atoms with van der Waals surface area (Å²) in [4.78, 5) is 20.6. The molecular weight excluding hydrogens is 122 g/mol. The first-order valence-electron chi connectivity index (χ1n) is 2.58. The van der Waals surface area contributed by atoms with Crippen LogP contribution in [-0.2, 0) is 14.3 Å². The number of ketones is 1. The lowest BCUT2D eigenvalue weighted by Crippen LogP contribution is -2.21. The van der Waals surface area contributed by atoms with Gasteiger partial charge < -0.3 is 10.5 Å². The van der Waals surface area contributed by atoms with E-state index in [1.807, 2.05) is 0 Å². The Balaban J connectivity index is 2.42. The largest absolute Gasteiger partial charge is 0.367 e. The van der Waals surface area contributed by atoms with Crippen molar-refractivity contribution in [3.8, 4) is 0 Å². The van der Waals surface area contributed by atoms with Gasteiger partial charge in [-0.15, -0.1) is 0 Å². The highest BCUT2D eigenvalue weighted by Crippen LogP contribution is 2.21. The molecule has 0 aromatic rings. The van der Waals surface area contributed by atoms with E-state index in [4.69, 9.17) is 5.73 Å². The van der Waals surface area contributed by atoms with Crippen LogP contribution in [-0.4, -0.2) is 23.9 Å². The van der Waals surface area contributed by atoms with E-state index in [2.05, 4.69) is 4.74 Å².